The number of ketones is 1. The van der Waals surface area contributed by atoms with E-state index in [9.17, 15) is 14.4 Å². The highest BCUT2D eigenvalue weighted by Gasteiger charge is 2.27. The second-order valence-corrected chi connectivity index (χ2v) is 5.84. The second-order valence-electron chi connectivity index (χ2n) is 5.84. The van der Waals surface area contributed by atoms with E-state index in [1.165, 1.54) is 6.92 Å². The molecule has 1 rings (SSSR count). The van der Waals surface area contributed by atoms with Gasteiger partial charge < -0.3 is 15.2 Å². The van der Waals surface area contributed by atoms with Gasteiger partial charge in [-0.15, -0.1) is 0 Å². The monoisotopic (exact) mass is 321 g/mol. The van der Waals surface area contributed by atoms with Crippen molar-refractivity contribution in [2.75, 3.05) is 0 Å². The summed E-state index contributed by atoms with van der Waals surface area (Å²) < 4.78 is 5.09. The van der Waals surface area contributed by atoms with E-state index in [2.05, 4.69) is 5.32 Å². The van der Waals surface area contributed by atoms with Crippen LogP contribution in [0.5, 0.6) is 0 Å². The number of nitrogens with one attached hydrogen (secondary N) is 1. The molecule has 1 aromatic rings. The largest absolute Gasteiger partial charge is 0.481 e. The van der Waals surface area contributed by atoms with Crippen molar-refractivity contribution < 1.29 is 24.2 Å². The first kappa shape index (κ1) is 18.7. The number of carbonyl (C=O) groups excluding carboxylic acids is 2. The van der Waals surface area contributed by atoms with E-state index < -0.39 is 24.0 Å². The van der Waals surface area contributed by atoms with Crippen LogP contribution in [0.1, 0.15) is 32.8 Å². The molecule has 0 spiro atoms. The third kappa shape index (κ3) is 6.50. The van der Waals surface area contributed by atoms with Gasteiger partial charge in [0.25, 0.3) is 0 Å². The molecule has 0 saturated carbocycles. The highest BCUT2D eigenvalue weighted by molar-refractivity contribution is 5.90. The molecule has 1 aromatic carbocycles. The van der Waals surface area contributed by atoms with Gasteiger partial charge >= 0.3 is 12.1 Å². The number of aliphatic carboxylic acids is 1. The molecule has 6 nitrogen and oxygen atoms in total. The van der Waals surface area contributed by atoms with Gasteiger partial charge in [0, 0.05) is 6.42 Å². The predicted octanol–water partition coefficient (Wildman–Crippen LogP) is 2.62. The maximum Gasteiger partial charge on any atom is 0.408 e. The van der Waals surface area contributed by atoms with Crippen LogP contribution in [0.15, 0.2) is 30.3 Å². The summed E-state index contributed by atoms with van der Waals surface area (Å²) >= 11 is 0. The molecule has 1 unspecified atom stereocenters. The van der Waals surface area contributed by atoms with Crippen molar-refractivity contribution in [2.24, 2.45) is 11.8 Å². The van der Waals surface area contributed by atoms with Gasteiger partial charge in [0.15, 0.2) is 5.78 Å². The zero-order valence-electron chi connectivity index (χ0n) is 13.6. The fourth-order valence-electron chi connectivity index (χ4n) is 2.03. The number of carboxylic acids is 1. The number of ether oxygens (including phenoxy) is 1. The summed E-state index contributed by atoms with van der Waals surface area (Å²) in [6, 6.07) is 8.43. The van der Waals surface area contributed by atoms with Crippen LogP contribution in [0.3, 0.4) is 0 Å². The lowest BCUT2D eigenvalue weighted by Gasteiger charge is -2.21. The fourth-order valence-corrected chi connectivity index (χ4v) is 2.03. The number of rotatable bonds is 8. The topological polar surface area (TPSA) is 92.7 Å². The molecule has 2 N–H and O–H groups in total. The van der Waals surface area contributed by atoms with Crippen molar-refractivity contribution in [2.45, 2.75) is 39.8 Å². The molecule has 0 aliphatic rings. The van der Waals surface area contributed by atoms with Crippen LogP contribution in [0.2, 0.25) is 0 Å². The van der Waals surface area contributed by atoms with E-state index in [0.29, 0.717) is 0 Å². The van der Waals surface area contributed by atoms with Gasteiger partial charge in [0.2, 0.25) is 0 Å². The van der Waals surface area contributed by atoms with E-state index in [1.807, 2.05) is 30.3 Å². The number of hydrogen-bond donors (Lipinski definition) is 2. The number of carboxylic acid groups (broad SMARTS) is 1. The quantitative estimate of drug-likeness (QED) is 0.768. The number of amides is 1. The molecule has 0 saturated heterocycles. The average Bonchev–Trinajstić information content (AvgIpc) is 2.51. The lowest BCUT2D eigenvalue weighted by Crippen LogP contribution is -2.45. The lowest BCUT2D eigenvalue weighted by atomic mass is 9.93. The Kier molecular flexibility index (Phi) is 7.25. The van der Waals surface area contributed by atoms with Crippen LogP contribution in [0.25, 0.3) is 0 Å². The van der Waals surface area contributed by atoms with E-state index >= 15 is 0 Å². The van der Waals surface area contributed by atoms with Crippen molar-refractivity contribution in [3.05, 3.63) is 35.9 Å². The SMILES string of the molecule is CC(C)C(NC(=O)OCc1ccccc1)C(=O)C[C@@H](C)C(=O)O. The van der Waals surface area contributed by atoms with Crippen LogP contribution in [0, 0.1) is 11.8 Å². The molecule has 0 fully saturated rings. The standard InChI is InChI=1S/C17H23NO5/c1-11(2)15(14(19)9-12(3)16(20)21)18-17(22)23-10-13-7-5-4-6-8-13/h4-8,11-12,15H,9-10H2,1-3H3,(H,18,22)(H,20,21)/t12-,15?/m1/s1. The zero-order valence-corrected chi connectivity index (χ0v) is 13.6. The minimum absolute atomic E-state index is 0.108. The highest BCUT2D eigenvalue weighted by Crippen LogP contribution is 2.11. The molecule has 0 bridgehead atoms. The van der Waals surface area contributed by atoms with Crippen LogP contribution in [0.4, 0.5) is 4.79 Å². The molecular formula is C17H23NO5. The van der Waals surface area contributed by atoms with Crippen molar-refractivity contribution in [3.63, 3.8) is 0 Å². The van der Waals surface area contributed by atoms with Crippen LogP contribution < -0.4 is 5.32 Å². The Morgan fingerprint density at radius 2 is 1.74 bits per heavy atom. The summed E-state index contributed by atoms with van der Waals surface area (Å²) in [5.74, 6) is -2.29. The number of carbonyl (C=O) groups is 3. The Morgan fingerprint density at radius 1 is 1.13 bits per heavy atom. The summed E-state index contributed by atoms with van der Waals surface area (Å²) in [6.45, 7) is 5.14. The van der Waals surface area contributed by atoms with Gasteiger partial charge in [-0.3, -0.25) is 9.59 Å². The first-order valence-corrected chi connectivity index (χ1v) is 7.54. The Labute approximate surface area is 135 Å². The molecule has 23 heavy (non-hydrogen) atoms. The van der Waals surface area contributed by atoms with E-state index in [-0.39, 0.29) is 24.7 Å². The fraction of sp³-hybridized carbons (Fsp3) is 0.471. The maximum absolute atomic E-state index is 12.2. The highest BCUT2D eigenvalue weighted by atomic mass is 16.5. The van der Waals surface area contributed by atoms with Gasteiger partial charge in [-0.05, 0) is 11.5 Å². The molecule has 0 aliphatic carbocycles. The Morgan fingerprint density at radius 3 is 2.26 bits per heavy atom. The molecule has 0 aliphatic heterocycles. The van der Waals surface area contributed by atoms with E-state index in [0.717, 1.165) is 5.56 Å². The summed E-state index contributed by atoms with van der Waals surface area (Å²) in [6.07, 6.45) is -0.819. The third-order valence-electron chi connectivity index (χ3n) is 3.43. The van der Waals surface area contributed by atoms with Crippen molar-refractivity contribution in [3.8, 4) is 0 Å². The summed E-state index contributed by atoms with van der Waals surface area (Å²) in [5, 5.41) is 11.4. The molecule has 126 valence electrons. The molecule has 2 atom stereocenters. The van der Waals surface area contributed by atoms with Gasteiger partial charge in [0.05, 0.1) is 12.0 Å². The predicted molar refractivity (Wildman–Crippen MR) is 84.8 cm³/mol. The molecule has 0 radical (unpaired) electrons. The van der Waals surface area contributed by atoms with Crippen LogP contribution >= 0.6 is 0 Å². The molecule has 6 heteroatoms. The third-order valence-corrected chi connectivity index (χ3v) is 3.43. The van der Waals surface area contributed by atoms with E-state index in [4.69, 9.17) is 9.84 Å². The van der Waals surface area contributed by atoms with Crippen molar-refractivity contribution in [1.82, 2.24) is 5.32 Å². The molecular weight excluding hydrogens is 298 g/mol. The number of alkyl carbamates (subject to hydrolysis) is 1. The average molecular weight is 321 g/mol. The minimum atomic E-state index is -1.03. The first-order valence-electron chi connectivity index (χ1n) is 7.54. The van der Waals surface area contributed by atoms with Crippen LogP contribution in [-0.2, 0) is 20.9 Å². The number of hydrogen-bond acceptors (Lipinski definition) is 4. The first-order chi connectivity index (χ1) is 10.8. The Balaban J connectivity index is 2.56. The summed E-state index contributed by atoms with van der Waals surface area (Å²) in [4.78, 5) is 34.9. The number of benzene rings is 1. The molecule has 0 aromatic heterocycles. The minimum Gasteiger partial charge on any atom is -0.481 e. The van der Waals surface area contributed by atoms with Crippen molar-refractivity contribution in [1.29, 1.82) is 0 Å². The van der Waals surface area contributed by atoms with E-state index in [1.54, 1.807) is 13.8 Å². The van der Waals surface area contributed by atoms with Crippen LogP contribution in [-0.4, -0.2) is 29.0 Å². The maximum atomic E-state index is 12.2. The lowest BCUT2D eigenvalue weighted by molar-refractivity contribution is -0.143. The zero-order chi connectivity index (χ0) is 17.4. The Bertz CT molecular complexity index is 541. The van der Waals surface area contributed by atoms with Gasteiger partial charge in [0.1, 0.15) is 6.61 Å². The van der Waals surface area contributed by atoms with Gasteiger partial charge in [-0.1, -0.05) is 51.1 Å². The Hall–Kier alpha value is -2.37. The smallest absolute Gasteiger partial charge is 0.408 e. The van der Waals surface area contributed by atoms with Crippen molar-refractivity contribution >= 4 is 17.8 Å². The van der Waals surface area contributed by atoms with Gasteiger partial charge in [-0.2, -0.15) is 0 Å². The second kappa shape index (κ2) is 8.92. The number of Topliss-reactive ketones (excluding diaryl/α,β-unsaturated/α-hetero) is 1. The normalized spacial score (nSPS) is 13.2. The molecule has 1 amide bonds. The summed E-state index contributed by atoms with van der Waals surface area (Å²) in [7, 11) is 0. The van der Waals surface area contributed by atoms with Gasteiger partial charge in [-0.25, -0.2) is 4.79 Å². The molecule has 0 heterocycles. The summed E-state index contributed by atoms with van der Waals surface area (Å²) in [5.41, 5.74) is 0.842.